The fourth-order valence-corrected chi connectivity index (χ4v) is 2.07. The summed E-state index contributed by atoms with van der Waals surface area (Å²) in [6.07, 6.45) is 1.27. The number of rotatable bonds is 4. The predicted molar refractivity (Wildman–Crippen MR) is 64.7 cm³/mol. The second-order valence-electron chi connectivity index (χ2n) is 3.26. The number of benzene rings is 1. The summed E-state index contributed by atoms with van der Waals surface area (Å²) in [5, 5.41) is 10.1. The fraction of sp³-hybridized carbons (Fsp3) is 0.400. The zero-order valence-electron chi connectivity index (χ0n) is 8.01. The van der Waals surface area contributed by atoms with Crippen molar-refractivity contribution < 1.29 is 5.11 Å². The molecular formula is C10H12Cl3NO. The average Bonchev–Trinajstić information content (AvgIpc) is 2.19. The Morgan fingerprint density at radius 2 is 1.93 bits per heavy atom. The third kappa shape index (κ3) is 3.51. The summed E-state index contributed by atoms with van der Waals surface area (Å²) in [6.45, 7) is 0.111. The molecule has 0 saturated heterocycles. The van der Waals surface area contributed by atoms with Crippen molar-refractivity contribution in [3.8, 4) is 0 Å². The van der Waals surface area contributed by atoms with E-state index in [0.29, 0.717) is 27.9 Å². The molecule has 0 spiro atoms. The van der Waals surface area contributed by atoms with Crippen molar-refractivity contribution in [3.63, 3.8) is 0 Å². The van der Waals surface area contributed by atoms with Gasteiger partial charge in [-0.25, -0.2) is 0 Å². The molecule has 3 N–H and O–H groups in total. The van der Waals surface area contributed by atoms with Gasteiger partial charge in [0.2, 0.25) is 0 Å². The van der Waals surface area contributed by atoms with Crippen LogP contribution in [0.1, 0.15) is 24.4 Å². The van der Waals surface area contributed by atoms with Crippen LogP contribution in [0.15, 0.2) is 12.1 Å². The number of aliphatic hydroxyl groups is 1. The van der Waals surface area contributed by atoms with Crippen LogP contribution in [-0.4, -0.2) is 11.7 Å². The van der Waals surface area contributed by atoms with E-state index in [-0.39, 0.29) is 12.6 Å². The molecule has 0 radical (unpaired) electrons. The molecule has 0 amide bonds. The summed E-state index contributed by atoms with van der Waals surface area (Å²) < 4.78 is 0. The van der Waals surface area contributed by atoms with Crippen LogP contribution in [0.5, 0.6) is 0 Å². The molecule has 1 rings (SSSR count). The van der Waals surface area contributed by atoms with Gasteiger partial charge in [-0.3, -0.25) is 0 Å². The lowest BCUT2D eigenvalue weighted by molar-refractivity contribution is 0.280. The first-order valence-electron chi connectivity index (χ1n) is 4.57. The van der Waals surface area contributed by atoms with E-state index in [4.69, 9.17) is 45.6 Å². The summed E-state index contributed by atoms with van der Waals surface area (Å²) in [5.74, 6) is 0. The summed E-state index contributed by atoms with van der Waals surface area (Å²) in [6, 6.07) is 3.03. The Morgan fingerprint density at radius 3 is 2.53 bits per heavy atom. The maximum Gasteiger partial charge on any atom is 0.0641 e. The zero-order chi connectivity index (χ0) is 11.4. The second kappa shape index (κ2) is 5.92. The summed E-state index contributed by atoms with van der Waals surface area (Å²) in [5.41, 5.74) is 6.63. The molecule has 0 aliphatic heterocycles. The highest BCUT2D eigenvalue weighted by Crippen LogP contribution is 2.33. The number of halogens is 3. The molecule has 1 aromatic carbocycles. The molecule has 0 aliphatic rings. The van der Waals surface area contributed by atoms with Gasteiger partial charge >= 0.3 is 0 Å². The SMILES string of the molecule is N[C@@H](CCCO)c1cc(Cl)cc(Cl)c1Cl. The lowest BCUT2D eigenvalue weighted by atomic mass is 10.0. The van der Waals surface area contributed by atoms with Crippen LogP contribution in [0.2, 0.25) is 15.1 Å². The predicted octanol–water partition coefficient (Wildman–Crippen LogP) is 3.42. The molecule has 0 unspecified atom stereocenters. The minimum atomic E-state index is -0.249. The maximum atomic E-state index is 8.70. The fourth-order valence-electron chi connectivity index (χ4n) is 1.31. The summed E-state index contributed by atoms with van der Waals surface area (Å²) in [7, 11) is 0. The average molecular weight is 269 g/mol. The minimum absolute atomic E-state index is 0.111. The Labute approximate surface area is 104 Å². The molecule has 2 nitrogen and oxygen atoms in total. The van der Waals surface area contributed by atoms with Crippen molar-refractivity contribution in [2.24, 2.45) is 5.73 Å². The van der Waals surface area contributed by atoms with E-state index in [1.165, 1.54) is 0 Å². The van der Waals surface area contributed by atoms with Gasteiger partial charge in [-0.05, 0) is 30.5 Å². The monoisotopic (exact) mass is 267 g/mol. The molecule has 0 bridgehead atoms. The highest BCUT2D eigenvalue weighted by Gasteiger charge is 2.13. The van der Waals surface area contributed by atoms with E-state index in [0.717, 1.165) is 5.56 Å². The molecule has 1 atom stereocenters. The van der Waals surface area contributed by atoms with E-state index in [9.17, 15) is 0 Å². The van der Waals surface area contributed by atoms with Crippen molar-refractivity contribution in [1.29, 1.82) is 0 Å². The van der Waals surface area contributed by atoms with Gasteiger partial charge in [0, 0.05) is 17.7 Å². The van der Waals surface area contributed by atoms with Gasteiger partial charge in [0.05, 0.1) is 10.0 Å². The van der Waals surface area contributed by atoms with E-state index in [1.807, 2.05) is 0 Å². The molecule has 0 fully saturated rings. The van der Waals surface area contributed by atoms with Crippen LogP contribution in [0.4, 0.5) is 0 Å². The van der Waals surface area contributed by atoms with E-state index in [2.05, 4.69) is 0 Å². The standard InChI is InChI=1S/C10H12Cl3NO/c11-6-4-7(9(14)2-1-3-15)10(13)8(12)5-6/h4-5,9,15H,1-3,14H2/t9-/m0/s1. The van der Waals surface area contributed by atoms with Gasteiger partial charge in [0.1, 0.15) is 0 Å². The van der Waals surface area contributed by atoms with Gasteiger partial charge in [0.15, 0.2) is 0 Å². The second-order valence-corrected chi connectivity index (χ2v) is 4.48. The van der Waals surface area contributed by atoms with E-state index < -0.39 is 0 Å². The molecule has 0 saturated carbocycles. The van der Waals surface area contributed by atoms with Crippen molar-refractivity contribution in [1.82, 2.24) is 0 Å². The van der Waals surface area contributed by atoms with Crippen molar-refractivity contribution in [2.45, 2.75) is 18.9 Å². The summed E-state index contributed by atoms with van der Waals surface area (Å²) >= 11 is 17.7. The van der Waals surface area contributed by atoms with Gasteiger partial charge in [0.25, 0.3) is 0 Å². The van der Waals surface area contributed by atoms with Crippen LogP contribution >= 0.6 is 34.8 Å². The van der Waals surface area contributed by atoms with Gasteiger partial charge in [-0.15, -0.1) is 0 Å². The highest BCUT2D eigenvalue weighted by molar-refractivity contribution is 6.43. The molecule has 1 aromatic rings. The molecule has 15 heavy (non-hydrogen) atoms. The van der Waals surface area contributed by atoms with Crippen LogP contribution < -0.4 is 5.73 Å². The van der Waals surface area contributed by atoms with Crippen LogP contribution in [0.25, 0.3) is 0 Å². The van der Waals surface area contributed by atoms with Gasteiger partial charge in [-0.2, -0.15) is 0 Å². The van der Waals surface area contributed by atoms with Crippen LogP contribution in [0.3, 0.4) is 0 Å². The number of aliphatic hydroxyl groups excluding tert-OH is 1. The van der Waals surface area contributed by atoms with Crippen LogP contribution in [0, 0.1) is 0 Å². The van der Waals surface area contributed by atoms with E-state index in [1.54, 1.807) is 12.1 Å². The third-order valence-electron chi connectivity index (χ3n) is 2.09. The molecule has 0 aliphatic carbocycles. The smallest absolute Gasteiger partial charge is 0.0641 e. The zero-order valence-corrected chi connectivity index (χ0v) is 10.3. The molecule has 0 aromatic heterocycles. The topological polar surface area (TPSA) is 46.2 Å². The molecule has 84 valence electrons. The maximum absolute atomic E-state index is 8.70. The molecular weight excluding hydrogens is 256 g/mol. The Hall–Kier alpha value is 0.01000. The minimum Gasteiger partial charge on any atom is -0.396 e. The first-order chi connectivity index (χ1) is 7.06. The van der Waals surface area contributed by atoms with Crippen molar-refractivity contribution in [3.05, 3.63) is 32.8 Å². The Balaban J connectivity index is 2.92. The lowest BCUT2D eigenvalue weighted by Gasteiger charge is -2.14. The largest absolute Gasteiger partial charge is 0.396 e. The number of nitrogens with two attached hydrogens (primary N) is 1. The Bertz CT molecular complexity index is 344. The molecule has 5 heteroatoms. The van der Waals surface area contributed by atoms with E-state index >= 15 is 0 Å². The van der Waals surface area contributed by atoms with Crippen molar-refractivity contribution >= 4 is 34.8 Å². The first kappa shape index (κ1) is 13.1. The Kier molecular flexibility index (Phi) is 5.16. The quantitative estimate of drug-likeness (QED) is 0.822. The number of hydrogen-bond acceptors (Lipinski definition) is 2. The first-order valence-corrected chi connectivity index (χ1v) is 5.70. The van der Waals surface area contributed by atoms with Crippen molar-refractivity contribution in [2.75, 3.05) is 6.61 Å². The highest BCUT2D eigenvalue weighted by atomic mass is 35.5. The third-order valence-corrected chi connectivity index (χ3v) is 3.13. The lowest BCUT2D eigenvalue weighted by Crippen LogP contribution is -2.11. The molecule has 0 heterocycles. The summed E-state index contributed by atoms with van der Waals surface area (Å²) in [4.78, 5) is 0. The normalized spacial score (nSPS) is 12.9. The van der Waals surface area contributed by atoms with Gasteiger partial charge < -0.3 is 10.8 Å². The van der Waals surface area contributed by atoms with Gasteiger partial charge in [-0.1, -0.05) is 34.8 Å². The van der Waals surface area contributed by atoms with Crippen LogP contribution in [-0.2, 0) is 0 Å². The Morgan fingerprint density at radius 1 is 1.27 bits per heavy atom. The number of hydrogen-bond donors (Lipinski definition) is 2.